The van der Waals surface area contributed by atoms with Crippen LogP contribution in [0.15, 0.2) is 22.6 Å². The van der Waals surface area contributed by atoms with Gasteiger partial charge in [0.2, 0.25) is 11.8 Å². The highest BCUT2D eigenvalue weighted by molar-refractivity contribution is 6.30. The summed E-state index contributed by atoms with van der Waals surface area (Å²) in [7, 11) is 0. The van der Waals surface area contributed by atoms with Crippen molar-refractivity contribution in [3.05, 3.63) is 34.7 Å². The maximum Gasteiger partial charge on any atom is 0.247 e. The van der Waals surface area contributed by atoms with Crippen LogP contribution in [-0.4, -0.2) is 23.3 Å². The molecule has 2 aromatic rings. The Kier molecular flexibility index (Phi) is 4.93. The highest BCUT2D eigenvalue weighted by atomic mass is 35.5. The van der Waals surface area contributed by atoms with Crippen molar-refractivity contribution in [2.75, 3.05) is 13.1 Å². The number of hydrogen-bond donors (Lipinski definition) is 1. The Morgan fingerprint density at radius 2 is 2.05 bits per heavy atom. The number of nitrogens with one attached hydrogen (secondary N) is 1. The van der Waals surface area contributed by atoms with Gasteiger partial charge in [-0.2, -0.15) is 0 Å². The van der Waals surface area contributed by atoms with Crippen molar-refractivity contribution in [2.24, 2.45) is 0 Å². The molecule has 0 saturated heterocycles. The monoisotopic (exact) mass is 279 g/mol. The summed E-state index contributed by atoms with van der Waals surface area (Å²) in [6.07, 6.45) is 1.86. The summed E-state index contributed by atoms with van der Waals surface area (Å²) in [6.45, 7) is 5.99. The Hall–Kier alpha value is -1.39. The van der Waals surface area contributed by atoms with E-state index in [2.05, 4.69) is 22.4 Å². The Morgan fingerprint density at radius 1 is 1.21 bits per heavy atom. The van der Waals surface area contributed by atoms with Gasteiger partial charge in [0.15, 0.2) is 0 Å². The van der Waals surface area contributed by atoms with Crippen molar-refractivity contribution in [1.82, 2.24) is 15.5 Å². The minimum Gasteiger partial charge on any atom is -0.421 e. The summed E-state index contributed by atoms with van der Waals surface area (Å²) in [5.74, 6) is 1.17. The van der Waals surface area contributed by atoms with E-state index in [9.17, 15) is 0 Å². The minimum atomic E-state index is 0.524. The van der Waals surface area contributed by atoms with Crippen LogP contribution in [-0.2, 0) is 6.42 Å². The maximum atomic E-state index is 6.03. The van der Waals surface area contributed by atoms with Crippen molar-refractivity contribution in [3.63, 3.8) is 0 Å². The van der Waals surface area contributed by atoms with Gasteiger partial charge in [-0.1, -0.05) is 18.5 Å². The van der Waals surface area contributed by atoms with Crippen LogP contribution in [0.25, 0.3) is 11.5 Å². The maximum absolute atomic E-state index is 6.03. The van der Waals surface area contributed by atoms with E-state index < -0.39 is 0 Å². The summed E-state index contributed by atoms with van der Waals surface area (Å²) in [4.78, 5) is 0. The predicted molar refractivity (Wildman–Crippen MR) is 76.3 cm³/mol. The molecule has 2 rings (SSSR count). The molecule has 1 aromatic carbocycles. The lowest BCUT2D eigenvalue weighted by Gasteiger charge is -2.00. The molecule has 0 amide bonds. The lowest BCUT2D eigenvalue weighted by atomic mass is 10.1. The molecule has 0 bridgehead atoms. The third-order valence-corrected chi connectivity index (χ3v) is 2.92. The van der Waals surface area contributed by atoms with Gasteiger partial charge in [-0.05, 0) is 43.7 Å². The Balaban J connectivity index is 2.03. The van der Waals surface area contributed by atoms with Gasteiger partial charge in [0.05, 0.1) is 0 Å². The summed E-state index contributed by atoms with van der Waals surface area (Å²) in [5, 5.41) is 12.1. The molecule has 0 saturated carbocycles. The molecule has 0 spiro atoms. The Labute approximate surface area is 118 Å². The van der Waals surface area contributed by atoms with Crippen LogP contribution < -0.4 is 5.32 Å². The second-order valence-corrected chi connectivity index (χ2v) is 4.95. The third-order valence-electron chi connectivity index (χ3n) is 2.70. The van der Waals surface area contributed by atoms with Crippen LogP contribution in [0, 0.1) is 6.92 Å². The van der Waals surface area contributed by atoms with Gasteiger partial charge >= 0.3 is 0 Å². The molecule has 1 heterocycles. The number of hydrogen-bond acceptors (Lipinski definition) is 4. The molecule has 5 heteroatoms. The number of aryl methyl sites for hydroxylation is 1. The van der Waals surface area contributed by atoms with Crippen LogP contribution in [0.5, 0.6) is 0 Å². The Morgan fingerprint density at radius 3 is 2.79 bits per heavy atom. The van der Waals surface area contributed by atoms with Gasteiger partial charge in [-0.3, -0.25) is 0 Å². The van der Waals surface area contributed by atoms with E-state index in [1.807, 2.05) is 25.1 Å². The van der Waals surface area contributed by atoms with E-state index in [0.29, 0.717) is 16.8 Å². The molecule has 0 fully saturated rings. The SMILES string of the molecule is CCCNCCc1nnc(-c2cc(C)cc(Cl)c2)o1. The van der Waals surface area contributed by atoms with E-state index in [1.54, 1.807) is 0 Å². The van der Waals surface area contributed by atoms with E-state index >= 15 is 0 Å². The van der Waals surface area contributed by atoms with Gasteiger partial charge in [-0.15, -0.1) is 10.2 Å². The fourth-order valence-electron chi connectivity index (χ4n) is 1.83. The second kappa shape index (κ2) is 6.68. The number of aromatic nitrogens is 2. The number of halogens is 1. The molecule has 0 aliphatic rings. The first-order valence-electron chi connectivity index (χ1n) is 6.49. The van der Waals surface area contributed by atoms with Crippen molar-refractivity contribution < 1.29 is 4.42 Å². The summed E-state index contributed by atoms with van der Waals surface area (Å²) in [5.41, 5.74) is 1.94. The molecule has 1 N–H and O–H groups in total. The molecule has 0 aliphatic heterocycles. The normalized spacial score (nSPS) is 10.9. The van der Waals surface area contributed by atoms with Gasteiger partial charge in [0, 0.05) is 23.6 Å². The zero-order chi connectivity index (χ0) is 13.7. The van der Waals surface area contributed by atoms with Gasteiger partial charge < -0.3 is 9.73 Å². The molecule has 4 nitrogen and oxygen atoms in total. The van der Waals surface area contributed by atoms with Gasteiger partial charge in [-0.25, -0.2) is 0 Å². The van der Waals surface area contributed by atoms with Crippen LogP contribution in [0.2, 0.25) is 5.02 Å². The minimum absolute atomic E-state index is 0.524. The van der Waals surface area contributed by atoms with Crippen molar-refractivity contribution in [1.29, 1.82) is 0 Å². The van der Waals surface area contributed by atoms with Crippen molar-refractivity contribution >= 4 is 11.6 Å². The predicted octanol–water partition coefficient (Wildman–Crippen LogP) is 3.24. The Bertz CT molecular complexity index is 519. The van der Waals surface area contributed by atoms with Crippen molar-refractivity contribution in [2.45, 2.75) is 26.7 Å². The topological polar surface area (TPSA) is 51.0 Å². The standard InChI is InChI=1S/C14H18ClN3O/c1-3-5-16-6-4-13-17-18-14(19-13)11-7-10(2)8-12(15)9-11/h7-9,16H,3-6H2,1-2H3. The number of nitrogens with zero attached hydrogens (tertiary/aromatic N) is 2. The zero-order valence-corrected chi connectivity index (χ0v) is 12.0. The average molecular weight is 280 g/mol. The van der Waals surface area contributed by atoms with Gasteiger partial charge in [0.1, 0.15) is 0 Å². The number of rotatable bonds is 6. The fraction of sp³-hybridized carbons (Fsp3) is 0.429. The molecule has 1 aromatic heterocycles. The first-order valence-corrected chi connectivity index (χ1v) is 6.87. The zero-order valence-electron chi connectivity index (χ0n) is 11.2. The highest BCUT2D eigenvalue weighted by Gasteiger charge is 2.09. The van der Waals surface area contributed by atoms with E-state index in [0.717, 1.165) is 37.1 Å². The molecule has 0 radical (unpaired) electrons. The summed E-state index contributed by atoms with van der Waals surface area (Å²) >= 11 is 6.03. The molecule has 102 valence electrons. The lowest BCUT2D eigenvalue weighted by Crippen LogP contribution is -2.17. The summed E-state index contributed by atoms with van der Waals surface area (Å²) in [6, 6.07) is 5.72. The molecule has 0 aliphatic carbocycles. The van der Waals surface area contributed by atoms with E-state index in [4.69, 9.17) is 16.0 Å². The van der Waals surface area contributed by atoms with Crippen LogP contribution in [0.3, 0.4) is 0 Å². The van der Waals surface area contributed by atoms with E-state index in [1.165, 1.54) is 0 Å². The largest absolute Gasteiger partial charge is 0.421 e. The van der Waals surface area contributed by atoms with Gasteiger partial charge in [0.25, 0.3) is 0 Å². The quantitative estimate of drug-likeness (QED) is 0.825. The number of benzene rings is 1. The summed E-state index contributed by atoms with van der Waals surface area (Å²) < 4.78 is 5.64. The van der Waals surface area contributed by atoms with Crippen LogP contribution in [0.4, 0.5) is 0 Å². The van der Waals surface area contributed by atoms with Crippen LogP contribution >= 0.6 is 11.6 Å². The molecular weight excluding hydrogens is 262 g/mol. The third kappa shape index (κ3) is 4.04. The average Bonchev–Trinajstić information content (AvgIpc) is 2.82. The first-order chi connectivity index (χ1) is 9.19. The molecular formula is C14H18ClN3O. The van der Waals surface area contributed by atoms with Crippen molar-refractivity contribution in [3.8, 4) is 11.5 Å². The lowest BCUT2D eigenvalue weighted by molar-refractivity contribution is 0.494. The second-order valence-electron chi connectivity index (χ2n) is 4.52. The first kappa shape index (κ1) is 14.0. The highest BCUT2D eigenvalue weighted by Crippen LogP contribution is 2.23. The smallest absolute Gasteiger partial charge is 0.247 e. The fourth-order valence-corrected chi connectivity index (χ4v) is 2.12. The molecule has 0 atom stereocenters. The molecule has 0 unspecified atom stereocenters. The van der Waals surface area contributed by atoms with E-state index in [-0.39, 0.29) is 0 Å². The van der Waals surface area contributed by atoms with Crippen LogP contribution in [0.1, 0.15) is 24.8 Å². The molecule has 19 heavy (non-hydrogen) atoms.